The highest BCUT2D eigenvalue weighted by Crippen LogP contribution is 2.47. The van der Waals surface area contributed by atoms with E-state index in [-0.39, 0.29) is 6.04 Å². The molecule has 1 heterocycles. The molecule has 0 amide bonds. The summed E-state index contributed by atoms with van der Waals surface area (Å²) in [4.78, 5) is 13.2. The van der Waals surface area contributed by atoms with Crippen molar-refractivity contribution in [2.75, 3.05) is 30.8 Å². The molecule has 2 aromatic rings. The molecular weight excluding hydrogens is 556 g/mol. The SMILES string of the molecule is COC(=O)[C@@H](OC(C)(C)C)c1c(C)c(N(C[C@@H]2CCCN2)S(C)(=O)=O)c(Br)c(C)c1-c1ccc(C)cc1. The second kappa shape index (κ2) is 11.4. The molecule has 0 bridgehead atoms. The lowest BCUT2D eigenvalue weighted by molar-refractivity contribution is -0.164. The zero-order valence-electron chi connectivity index (χ0n) is 23.1. The van der Waals surface area contributed by atoms with Crippen molar-refractivity contribution in [2.45, 2.75) is 72.1 Å². The molecule has 1 aliphatic heterocycles. The number of sulfonamides is 1. The number of benzene rings is 2. The summed E-state index contributed by atoms with van der Waals surface area (Å²) in [5.74, 6) is -0.539. The molecule has 1 fully saturated rings. The van der Waals surface area contributed by atoms with Crippen LogP contribution in [0.3, 0.4) is 0 Å². The summed E-state index contributed by atoms with van der Waals surface area (Å²) in [6, 6.07) is 8.09. The van der Waals surface area contributed by atoms with Crippen LogP contribution in [0.1, 0.15) is 62.0 Å². The van der Waals surface area contributed by atoms with Crippen molar-refractivity contribution >= 4 is 37.6 Å². The quantitative estimate of drug-likeness (QED) is 0.401. The number of ether oxygens (including phenoxy) is 2. The Kier molecular flexibility index (Phi) is 9.15. The van der Waals surface area contributed by atoms with Crippen LogP contribution in [0.5, 0.6) is 0 Å². The van der Waals surface area contributed by atoms with Gasteiger partial charge < -0.3 is 14.8 Å². The highest BCUT2D eigenvalue weighted by Gasteiger charge is 2.37. The van der Waals surface area contributed by atoms with Crippen LogP contribution in [0.15, 0.2) is 28.7 Å². The lowest BCUT2D eigenvalue weighted by Gasteiger charge is -2.34. The van der Waals surface area contributed by atoms with Crippen LogP contribution in [0.4, 0.5) is 5.69 Å². The van der Waals surface area contributed by atoms with E-state index in [4.69, 9.17) is 9.47 Å². The minimum Gasteiger partial charge on any atom is -0.467 e. The number of nitrogens with one attached hydrogen (secondary N) is 1. The molecule has 0 aliphatic carbocycles. The third kappa shape index (κ3) is 6.74. The van der Waals surface area contributed by atoms with Crippen LogP contribution in [0.2, 0.25) is 0 Å². The molecule has 9 heteroatoms. The molecule has 2 aromatic carbocycles. The molecule has 0 saturated carbocycles. The fourth-order valence-electron chi connectivity index (χ4n) is 4.88. The van der Waals surface area contributed by atoms with Crippen molar-refractivity contribution in [3.8, 4) is 11.1 Å². The van der Waals surface area contributed by atoms with E-state index in [0.717, 1.165) is 41.6 Å². The zero-order chi connectivity index (χ0) is 27.7. The molecule has 1 aliphatic rings. The maximum atomic E-state index is 13.2. The lowest BCUT2D eigenvalue weighted by atomic mass is 9.87. The second-order valence-electron chi connectivity index (χ2n) is 10.8. The summed E-state index contributed by atoms with van der Waals surface area (Å²) in [5.41, 5.74) is 4.76. The van der Waals surface area contributed by atoms with E-state index >= 15 is 0 Å². The number of carbonyl (C=O) groups excluding carboxylic acids is 1. The summed E-state index contributed by atoms with van der Waals surface area (Å²) < 4.78 is 40.0. The molecule has 0 unspecified atom stereocenters. The Bertz CT molecular complexity index is 1250. The molecule has 3 rings (SSSR count). The van der Waals surface area contributed by atoms with Gasteiger partial charge in [-0.1, -0.05) is 29.8 Å². The van der Waals surface area contributed by atoms with Crippen LogP contribution < -0.4 is 9.62 Å². The molecule has 37 heavy (non-hydrogen) atoms. The predicted molar refractivity (Wildman–Crippen MR) is 153 cm³/mol. The van der Waals surface area contributed by atoms with E-state index in [1.807, 2.05) is 65.8 Å². The van der Waals surface area contributed by atoms with Crippen LogP contribution in [0.25, 0.3) is 11.1 Å². The average Bonchev–Trinajstić information content (AvgIpc) is 3.32. The van der Waals surface area contributed by atoms with E-state index in [9.17, 15) is 13.2 Å². The van der Waals surface area contributed by atoms with E-state index in [0.29, 0.717) is 27.8 Å². The van der Waals surface area contributed by atoms with Gasteiger partial charge in [-0.05, 0) is 99.1 Å². The maximum absolute atomic E-state index is 13.2. The Labute approximate surface area is 230 Å². The molecule has 204 valence electrons. The molecule has 0 spiro atoms. The van der Waals surface area contributed by atoms with Crippen LogP contribution >= 0.6 is 15.9 Å². The molecule has 2 atom stereocenters. The van der Waals surface area contributed by atoms with Gasteiger partial charge >= 0.3 is 5.97 Å². The Balaban J connectivity index is 2.40. The fourth-order valence-corrected chi connectivity index (χ4v) is 6.71. The number of hydrogen-bond acceptors (Lipinski definition) is 6. The number of hydrogen-bond donors (Lipinski definition) is 1. The van der Waals surface area contributed by atoms with Crippen molar-refractivity contribution in [3.05, 3.63) is 51.0 Å². The topological polar surface area (TPSA) is 84.9 Å². The van der Waals surface area contributed by atoms with E-state index in [1.54, 1.807) is 0 Å². The first-order valence-corrected chi connectivity index (χ1v) is 15.2. The zero-order valence-corrected chi connectivity index (χ0v) is 25.5. The molecule has 0 radical (unpaired) electrons. The summed E-state index contributed by atoms with van der Waals surface area (Å²) in [5, 5.41) is 3.40. The number of nitrogens with zero attached hydrogens (tertiary/aromatic N) is 1. The smallest absolute Gasteiger partial charge is 0.339 e. The van der Waals surface area contributed by atoms with Gasteiger partial charge in [0.05, 0.1) is 24.7 Å². The number of esters is 1. The van der Waals surface area contributed by atoms with Gasteiger partial charge in [0.2, 0.25) is 10.0 Å². The molecular formula is C28H39BrN2O5S. The monoisotopic (exact) mass is 594 g/mol. The standard InChI is InChI=1S/C28H39BrN2O5S/c1-17-11-13-20(14-12-17)22-18(2)24(29)25(31(37(8,33)34)16-21-10-9-15-30-21)19(3)23(22)26(27(32)35-7)36-28(4,5)6/h11-14,21,26,30H,9-10,15-16H2,1-8H3/t21-,26-/m0/s1. The Morgan fingerprint density at radius 1 is 1.16 bits per heavy atom. The van der Waals surface area contributed by atoms with E-state index in [1.165, 1.54) is 17.7 Å². The lowest BCUT2D eigenvalue weighted by Crippen LogP contribution is -2.41. The molecule has 1 N–H and O–H groups in total. The summed E-state index contributed by atoms with van der Waals surface area (Å²) in [6.45, 7) is 12.6. The summed E-state index contributed by atoms with van der Waals surface area (Å²) in [6.07, 6.45) is 2.06. The van der Waals surface area contributed by atoms with E-state index < -0.39 is 27.7 Å². The second-order valence-corrected chi connectivity index (χ2v) is 13.5. The molecule has 1 saturated heterocycles. The van der Waals surface area contributed by atoms with Gasteiger partial charge in [0, 0.05) is 22.6 Å². The average molecular weight is 596 g/mol. The van der Waals surface area contributed by atoms with Crippen molar-refractivity contribution < 1.29 is 22.7 Å². The van der Waals surface area contributed by atoms with Gasteiger partial charge in [-0.15, -0.1) is 0 Å². The van der Waals surface area contributed by atoms with Crippen LogP contribution in [-0.2, 0) is 24.3 Å². The number of anilines is 1. The fraction of sp³-hybridized carbons (Fsp3) is 0.536. The van der Waals surface area contributed by atoms with Crippen LogP contribution in [-0.4, -0.2) is 52.5 Å². The van der Waals surface area contributed by atoms with Gasteiger partial charge in [0.1, 0.15) is 0 Å². The van der Waals surface area contributed by atoms with E-state index in [2.05, 4.69) is 21.2 Å². The van der Waals surface area contributed by atoms with Crippen molar-refractivity contribution in [2.24, 2.45) is 0 Å². The Morgan fingerprint density at radius 2 is 1.78 bits per heavy atom. The van der Waals surface area contributed by atoms with Crippen molar-refractivity contribution in [3.63, 3.8) is 0 Å². The third-order valence-corrected chi connectivity index (χ3v) is 8.73. The first-order valence-electron chi connectivity index (χ1n) is 12.5. The highest BCUT2D eigenvalue weighted by atomic mass is 79.9. The largest absolute Gasteiger partial charge is 0.467 e. The van der Waals surface area contributed by atoms with Crippen molar-refractivity contribution in [1.82, 2.24) is 5.32 Å². The number of rotatable bonds is 8. The number of carbonyl (C=O) groups is 1. The van der Waals surface area contributed by atoms with Gasteiger partial charge in [0.15, 0.2) is 6.10 Å². The number of aryl methyl sites for hydroxylation is 1. The van der Waals surface area contributed by atoms with Gasteiger partial charge in [-0.3, -0.25) is 4.31 Å². The highest BCUT2D eigenvalue weighted by molar-refractivity contribution is 9.10. The van der Waals surface area contributed by atoms with Gasteiger partial charge in [-0.2, -0.15) is 0 Å². The van der Waals surface area contributed by atoms with Crippen LogP contribution in [0, 0.1) is 20.8 Å². The predicted octanol–water partition coefficient (Wildman–Crippen LogP) is 5.59. The van der Waals surface area contributed by atoms with Gasteiger partial charge in [0.25, 0.3) is 0 Å². The Hall–Kier alpha value is -1.94. The minimum atomic E-state index is -3.65. The molecule has 0 aromatic heterocycles. The molecule has 7 nitrogen and oxygen atoms in total. The first-order chi connectivity index (χ1) is 17.2. The number of methoxy groups -OCH3 is 1. The maximum Gasteiger partial charge on any atom is 0.339 e. The first kappa shape index (κ1) is 29.6. The third-order valence-electron chi connectivity index (χ3n) is 6.63. The van der Waals surface area contributed by atoms with Crippen molar-refractivity contribution in [1.29, 1.82) is 0 Å². The Morgan fingerprint density at radius 3 is 2.27 bits per heavy atom. The normalized spacial score (nSPS) is 17.1. The number of halogens is 1. The van der Waals surface area contributed by atoms with Gasteiger partial charge in [-0.25, -0.2) is 13.2 Å². The minimum absolute atomic E-state index is 0.0452. The summed E-state index contributed by atoms with van der Waals surface area (Å²) in [7, 11) is -2.31. The summed E-state index contributed by atoms with van der Waals surface area (Å²) >= 11 is 3.75.